The van der Waals surface area contributed by atoms with Crippen molar-refractivity contribution in [2.75, 3.05) is 6.61 Å². The van der Waals surface area contributed by atoms with Crippen molar-refractivity contribution in [2.24, 2.45) is 5.73 Å². The molecule has 4 rings (SSSR count). The molecule has 33 heavy (non-hydrogen) atoms. The van der Waals surface area contributed by atoms with Gasteiger partial charge in [-0.15, -0.1) is 0 Å². The summed E-state index contributed by atoms with van der Waals surface area (Å²) in [5.41, 5.74) is 7.64. The van der Waals surface area contributed by atoms with Crippen LogP contribution < -0.4 is 19.9 Å². The Morgan fingerprint density at radius 3 is 2.70 bits per heavy atom. The van der Waals surface area contributed by atoms with Crippen molar-refractivity contribution in [1.29, 1.82) is 5.26 Å². The summed E-state index contributed by atoms with van der Waals surface area (Å²) in [4.78, 5) is 12.4. The average molecular weight is 444 g/mol. The second-order valence-electron chi connectivity index (χ2n) is 7.41. The van der Waals surface area contributed by atoms with E-state index in [1.165, 1.54) is 24.3 Å². The molecule has 0 fully saturated rings. The summed E-state index contributed by atoms with van der Waals surface area (Å²) < 4.78 is 30.7. The first kappa shape index (κ1) is 21.9. The third kappa shape index (κ3) is 4.51. The number of fused-ring (bicyclic) bond motifs is 1. The van der Waals surface area contributed by atoms with Crippen LogP contribution in [-0.4, -0.2) is 12.6 Å². The highest BCUT2D eigenvalue weighted by Crippen LogP contribution is 2.44. The maximum Gasteiger partial charge on any atom is 0.346 e. The van der Waals surface area contributed by atoms with Gasteiger partial charge < -0.3 is 19.9 Å². The molecule has 6 nitrogen and oxygen atoms in total. The third-order valence-electron chi connectivity index (χ3n) is 5.16. The number of nitrogens with zero attached hydrogens (tertiary/aromatic N) is 1. The minimum atomic E-state index is -0.831. The number of benzene rings is 3. The van der Waals surface area contributed by atoms with E-state index in [2.05, 4.69) is 6.07 Å². The van der Waals surface area contributed by atoms with E-state index < -0.39 is 17.7 Å². The average Bonchev–Trinajstić information content (AvgIpc) is 2.82. The standard InChI is InChI=1S/C26H21FN2O4/c1-2-12-31-17-7-5-6-16(13-17)24-20-11-10-18(14-23(20)33-25(29)21(24)15-28)32-26(30)19-8-3-4-9-22(19)27/h3-11,13-14,24H,2,12,29H2,1H3. The van der Waals surface area contributed by atoms with Crippen LogP contribution in [0.15, 0.2) is 78.2 Å². The van der Waals surface area contributed by atoms with Crippen molar-refractivity contribution in [3.8, 4) is 23.3 Å². The van der Waals surface area contributed by atoms with E-state index in [-0.39, 0.29) is 22.8 Å². The molecule has 0 saturated heterocycles. The predicted molar refractivity (Wildman–Crippen MR) is 119 cm³/mol. The van der Waals surface area contributed by atoms with Gasteiger partial charge in [0.1, 0.15) is 34.7 Å². The molecule has 0 radical (unpaired) electrons. The lowest BCUT2D eigenvalue weighted by Crippen LogP contribution is -2.21. The predicted octanol–water partition coefficient (Wildman–Crippen LogP) is 5.05. The molecule has 0 aromatic heterocycles. The molecule has 0 amide bonds. The molecule has 0 bridgehead atoms. The van der Waals surface area contributed by atoms with Crippen molar-refractivity contribution >= 4 is 5.97 Å². The van der Waals surface area contributed by atoms with Crippen LogP contribution in [-0.2, 0) is 0 Å². The number of nitrogens with two attached hydrogens (primary N) is 1. The van der Waals surface area contributed by atoms with Gasteiger partial charge >= 0.3 is 5.97 Å². The zero-order valence-electron chi connectivity index (χ0n) is 17.9. The highest BCUT2D eigenvalue weighted by molar-refractivity contribution is 5.91. The van der Waals surface area contributed by atoms with E-state index in [9.17, 15) is 14.4 Å². The summed E-state index contributed by atoms with van der Waals surface area (Å²) in [6, 6.07) is 19.9. The number of carbonyl (C=O) groups excluding carboxylic acids is 1. The van der Waals surface area contributed by atoms with E-state index >= 15 is 0 Å². The molecule has 166 valence electrons. The Labute approximate surface area is 190 Å². The zero-order chi connectivity index (χ0) is 23.4. The van der Waals surface area contributed by atoms with Crippen LogP contribution in [0.2, 0.25) is 0 Å². The van der Waals surface area contributed by atoms with Gasteiger partial charge in [-0.2, -0.15) is 5.26 Å². The minimum absolute atomic E-state index is 0.0348. The molecule has 1 aliphatic rings. The Balaban J connectivity index is 1.68. The molecule has 1 aliphatic heterocycles. The largest absolute Gasteiger partial charge is 0.494 e. The highest BCUT2D eigenvalue weighted by atomic mass is 19.1. The molecule has 3 aromatic carbocycles. The Bertz CT molecular complexity index is 1280. The number of halogens is 1. The quantitative estimate of drug-likeness (QED) is 0.422. The number of hydrogen-bond acceptors (Lipinski definition) is 6. The molecular formula is C26H21FN2O4. The van der Waals surface area contributed by atoms with E-state index in [0.717, 1.165) is 12.0 Å². The van der Waals surface area contributed by atoms with Crippen molar-refractivity contribution in [2.45, 2.75) is 19.3 Å². The van der Waals surface area contributed by atoms with Crippen molar-refractivity contribution in [1.82, 2.24) is 0 Å². The van der Waals surface area contributed by atoms with Gasteiger partial charge in [0.25, 0.3) is 0 Å². The number of hydrogen-bond donors (Lipinski definition) is 1. The number of carbonyl (C=O) groups is 1. The number of rotatable bonds is 6. The fourth-order valence-corrected chi connectivity index (χ4v) is 3.63. The number of esters is 1. The smallest absolute Gasteiger partial charge is 0.346 e. The maximum atomic E-state index is 13.9. The fraction of sp³-hybridized carbons (Fsp3) is 0.154. The van der Waals surface area contributed by atoms with Crippen LogP contribution in [0, 0.1) is 17.1 Å². The Kier molecular flexibility index (Phi) is 6.27. The van der Waals surface area contributed by atoms with Gasteiger partial charge in [-0.3, -0.25) is 0 Å². The summed E-state index contributed by atoms with van der Waals surface area (Å²) in [7, 11) is 0. The molecule has 0 aliphatic carbocycles. The Morgan fingerprint density at radius 1 is 1.12 bits per heavy atom. The first-order valence-corrected chi connectivity index (χ1v) is 10.4. The maximum absolute atomic E-state index is 13.9. The van der Waals surface area contributed by atoms with Gasteiger partial charge in [0, 0.05) is 11.6 Å². The lowest BCUT2D eigenvalue weighted by Gasteiger charge is -2.27. The third-order valence-corrected chi connectivity index (χ3v) is 5.16. The Morgan fingerprint density at radius 2 is 1.94 bits per heavy atom. The summed E-state index contributed by atoms with van der Waals surface area (Å²) >= 11 is 0. The summed E-state index contributed by atoms with van der Waals surface area (Å²) in [6.45, 7) is 2.60. The molecule has 7 heteroatoms. The second kappa shape index (κ2) is 9.45. The number of ether oxygens (including phenoxy) is 3. The lowest BCUT2D eigenvalue weighted by atomic mass is 9.83. The number of nitriles is 1. The van der Waals surface area contributed by atoms with E-state index in [0.29, 0.717) is 23.7 Å². The van der Waals surface area contributed by atoms with Crippen LogP contribution >= 0.6 is 0 Å². The van der Waals surface area contributed by atoms with E-state index in [1.54, 1.807) is 18.2 Å². The van der Waals surface area contributed by atoms with Gasteiger partial charge in [0.05, 0.1) is 18.1 Å². The minimum Gasteiger partial charge on any atom is -0.494 e. The topological polar surface area (TPSA) is 94.6 Å². The molecule has 3 aromatic rings. The van der Waals surface area contributed by atoms with Crippen molar-refractivity contribution in [3.05, 3.63) is 101 Å². The van der Waals surface area contributed by atoms with Crippen molar-refractivity contribution < 1.29 is 23.4 Å². The van der Waals surface area contributed by atoms with Crippen molar-refractivity contribution in [3.63, 3.8) is 0 Å². The van der Waals surface area contributed by atoms with Gasteiger partial charge in [0.2, 0.25) is 5.88 Å². The normalized spacial score (nSPS) is 14.6. The lowest BCUT2D eigenvalue weighted by molar-refractivity contribution is 0.0729. The van der Waals surface area contributed by atoms with Crippen LogP contribution in [0.5, 0.6) is 17.2 Å². The number of allylic oxidation sites excluding steroid dienone is 1. The van der Waals surface area contributed by atoms with Crippen LogP contribution in [0.4, 0.5) is 4.39 Å². The summed E-state index contributed by atoms with van der Waals surface area (Å²) in [5.74, 6) is -0.833. The molecule has 1 unspecified atom stereocenters. The summed E-state index contributed by atoms with van der Waals surface area (Å²) in [5, 5.41) is 9.75. The summed E-state index contributed by atoms with van der Waals surface area (Å²) in [6.07, 6.45) is 0.870. The van der Waals surface area contributed by atoms with Gasteiger partial charge in [-0.05, 0) is 42.3 Å². The van der Waals surface area contributed by atoms with Crippen LogP contribution in [0.3, 0.4) is 0 Å². The molecule has 0 saturated carbocycles. The molecule has 0 spiro atoms. The molecule has 1 heterocycles. The van der Waals surface area contributed by atoms with Gasteiger partial charge in [-0.25, -0.2) is 9.18 Å². The molecule has 2 N–H and O–H groups in total. The van der Waals surface area contributed by atoms with E-state index in [4.69, 9.17) is 19.9 Å². The molecular weight excluding hydrogens is 423 g/mol. The Hall–Kier alpha value is -4.31. The van der Waals surface area contributed by atoms with Gasteiger partial charge in [-0.1, -0.05) is 37.3 Å². The monoisotopic (exact) mass is 444 g/mol. The van der Waals surface area contributed by atoms with Gasteiger partial charge in [0.15, 0.2) is 0 Å². The zero-order valence-corrected chi connectivity index (χ0v) is 17.9. The van der Waals surface area contributed by atoms with Crippen LogP contribution in [0.1, 0.15) is 40.7 Å². The SMILES string of the molecule is CCCOc1cccc(C2C(C#N)=C(N)Oc3cc(OC(=O)c4ccccc4F)ccc32)c1. The highest BCUT2D eigenvalue weighted by Gasteiger charge is 2.31. The fourth-order valence-electron chi connectivity index (χ4n) is 3.63. The molecule has 1 atom stereocenters. The van der Waals surface area contributed by atoms with E-state index in [1.807, 2.05) is 31.2 Å². The van der Waals surface area contributed by atoms with Crippen LogP contribution in [0.25, 0.3) is 0 Å². The first-order valence-electron chi connectivity index (χ1n) is 10.4. The first-order chi connectivity index (χ1) is 16.0. The second-order valence-corrected chi connectivity index (χ2v) is 7.41.